The van der Waals surface area contributed by atoms with Crippen molar-refractivity contribution in [2.75, 3.05) is 19.6 Å². The van der Waals surface area contributed by atoms with E-state index in [1.807, 2.05) is 0 Å². The number of nitrogens with one attached hydrogen (secondary N) is 1. The monoisotopic (exact) mass is 280 g/mol. The van der Waals surface area contributed by atoms with Crippen LogP contribution in [0, 0.1) is 17.3 Å². The zero-order chi connectivity index (χ0) is 15.0. The van der Waals surface area contributed by atoms with E-state index >= 15 is 0 Å². The van der Waals surface area contributed by atoms with E-state index in [0.29, 0.717) is 17.0 Å². The van der Waals surface area contributed by atoms with Gasteiger partial charge in [0.05, 0.1) is 0 Å². The zero-order valence-corrected chi connectivity index (χ0v) is 14.6. The highest BCUT2D eigenvalue weighted by atomic mass is 15.3. The first-order chi connectivity index (χ1) is 9.21. The van der Waals surface area contributed by atoms with Gasteiger partial charge < -0.3 is 5.32 Å². The molecule has 2 unspecified atom stereocenters. The molecule has 1 aliphatic carbocycles. The molecule has 0 aromatic carbocycles. The summed E-state index contributed by atoms with van der Waals surface area (Å²) in [5, 5.41) is 3.85. The molecule has 0 aromatic heterocycles. The summed E-state index contributed by atoms with van der Waals surface area (Å²) in [4.78, 5) is 2.83. The lowest BCUT2D eigenvalue weighted by molar-refractivity contribution is 0.0229. The van der Waals surface area contributed by atoms with Crippen LogP contribution in [-0.4, -0.2) is 36.1 Å². The third-order valence-electron chi connectivity index (χ3n) is 5.26. The highest BCUT2D eigenvalue weighted by Gasteiger charge is 2.48. The predicted octanol–water partition coefficient (Wildman–Crippen LogP) is 3.91. The van der Waals surface area contributed by atoms with E-state index in [1.165, 1.54) is 45.3 Å². The second-order valence-electron chi connectivity index (χ2n) is 9.10. The van der Waals surface area contributed by atoms with Crippen molar-refractivity contribution < 1.29 is 0 Å². The van der Waals surface area contributed by atoms with Crippen molar-refractivity contribution in [1.82, 2.24) is 10.2 Å². The third kappa shape index (κ3) is 4.21. The van der Waals surface area contributed by atoms with Crippen LogP contribution < -0.4 is 5.32 Å². The van der Waals surface area contributed by atoms with Gasteiger partial charge in [-0.2, -0.15) is 0 Å². The van der Waals surface area contributed by atoms with Crippen LogP contribution in [0.2, 0.25) is 0 Å². The molecule has 2 fully saturated rings. The van der Waals surface area contributed by atoms with Gasteiger partial charge in [-0.1, -0.05) is 34.6 Å². The minimum atomic E-state index is 0.415. The Morgan fingerprint density at radius 2 is 1.90 bits per heavy atom. The molecule has 0 radical (unpaired) electrons. The molecule has 1 saturated carbocycles. The Balaban J connectivity index is 1.99. The average Bonchev–Trinajstić information content (AvgIpc) is 3.12. The lowest BCUT2D eigenvalue weighted by Gasteiger charge is -2.49. The molecule has 0 amide bonds. The molecule has 2 rings (SSSR count). The molecule has 1 saturated heterocycles. The fraction of sp³-hybridized carbons (Fsp3) is 1.00. The molecule has 0 spiro atoms. The Bertz CT molecular complexity index is 314. The van der Waals surface area contributed by atoms with Gasteiger partial charge in [-0.15, -0.1) is 0 Å². The average molecular weight is 280 g/mol. The van der Waals surface area contributed by atoms with Gasteiger partial charge in [0.25, 0.3) is 0 Å². The summed E-state index contributed by atoms with van der Waals surface area (Å²) >= 11 is 0. The summed E-state index contributed by atoms with van der Waals surface area (Å²) in [5.74, 6) is 1.73. The van der Waals surface area contributed by atoms with E-state index in [2.05, 4.69) is 51.8 Å². The molecule has 118 valence electrons. The smallest absolute Gasteiger partial charge is 0.0334 e. The maximum Gasteiger partial charge on any atom is 0.0334 e. The van der Waals surface area contributed by atoms with Gasteiger partial charge in [0.15, 0.2) is 0 Å². The number of rotatable bonds is 5. The van der Waals surface area contributed by atoms with E-state index in [9.17, 15) is 0 Å². The van der Waals surface area contributed by atoms with Gasteiger partial charge in [0.2, 0.25) is 0 Å². The molecule has 0 bridgehead atoms. The Kier molecular flexibility index (Phi) is 4.86. The number of hydrogen-bond donors (Lipinski definition) is 1. The van der Waals surface area contributed by atoms with Gasteiger partial charge in [0.1, 0.15) is 0 Å². The first kappa shape index (κ1) is 16.3. The van der Waals surface area contributed by atoms with E-state index in [0.717, 1.165) is 11.8 Å². The summed E-state index contributed by atoms with van der Waals surface area (Å²) < 4.78 is 0. The van der Waals surface area contributed by atoms with E-state index in [4.69, 9.17) is 0 Å². The summed E-state index contributed by atoms with van der Waals surface area (Å²) in [6.07, 6.45) is 5.51. The van der Waals surface area contributed by atoms with Crippen LogP contribution in [0.5, 0.6) is 0 Å². The molecule has 2 atom stereocenters. The van der Waals surface area contributed by atoms with E-state index < -0.39 is 0 Å². The van der Waals surface area contributed by atoms with Crippen molar-refractivity contribution in [1.29, 1.82) is 0 Å². The molecule has 2 nitrogen and oxygen atoms in total. The Hall–Kier alpha value is -0.0800. The molecular weight excluding hydrogens is 244 g/mol. The fourth-order valence-electron chi connectivity index (χ4n) is 3.65. The SMILES string of the molecule is CC(C)CC1CN(CCC(C)(C)C)C(C)(C2CC2)CN1. The second-order valence-corrected chi connectivity index (χ2v) is 9.10. The molecule has 2 heteroatoms. The Labute approximate surface area is 126 Å². The minimum absolute atomic E-state index is 0.415. The number of piperazine rings is 1. The Morgan fingerprint density at radius 3 is 2.40 bits per heavy atom. The summed E-state index contributed by atoms with van der Waals surface area (Å²) in [7, 11) is 0. The van der Waals surface area contributed by atoms with Gasteiger partial charge in [-0.05, 0) is 56.4 Å². The maximum absolute atomic E-state index is 3.85. The van der Waals surface area contributed by atoms with Crippen molar-refractivity contribution in [2.45, 2.75) is 78.8 Å². The Morgan fingerprint density at radius 1 is 1.25 bits per heavy atom. The molecule has 20 heavy (non-hydrogen) atoms. The molecule has 1 N–H and O–H groups in total. The molecule has 1 aliphatic heterocycles. The number of hydrogen-bond acceptors (Lipinski definition) is 2. The van der Waals surface area contributed by atoms with Gasteiger partial charge in [-0.3, -0.25) is 4.90 Å². The zero-order valence-electron chi connectivity index (χ0n) is 14.6. The first-order valence-electron chi connectivity index (χ1n) is 8.69. The van der Waals surface area contributed by atoms with Crippen molar-refractivity contribution in [3.05, 3.63) is 0 Å². The molecule has 0 aromatic rings. The predicted molar refractivity (Wildman–Crippen MR) is 88.0 cm³/mol. The van der Waals surface area contributed by atoms with Crippen LogP contribution in [0.15, 0.2) is 0 Å². The molecule has 1 heterocycles. The molecular formula is C18H36N2. The lowest BCUT2D eigenvalue weighted by Crippen LogP contribution is -2.64. The molecule has 2 aliphatic rings. The lowest BCUT2D eigenvalue weighted by atomic mass is 9.85. The quantitative estimate of drug-likeness (QED) is 0.821. The normalized spacial score (nSPS) is 32.9. The van der Waals surface area contributed by atoms with Crippen molar-refractivity contribution >= 4 is 0 Å². The van der Waals surface area contributed by atoms with Crippen molar-refractivity contribution in [2.24, 2.45) is 17.3 Å². The largest absolute Gasteiger partial charge is 0.311 e. The van der Waals surface area contributed by atoms with Gasteiger partial charge in [0, 0.05) is 24.7 Å². The second kappa shape index (κ2) is 5.96. The fourth-order valence-corrected chi connectivity index (χ4v) is 3.65. The highest BCUT2D eigenvalue weighted by molar-refractivity contribution is 5.05. The summed E-state index contributed by atoms with van der Waals surface area (Å²) in [5.41, 5.74) is 0.863. The minimum Gasteiger partial charge on any atom is -0.311 e. The summed E-state index contributed by atoms with van der Waals surface area (Å²) in [6.45, 7) is 18.0. The third-order valence-corrected chi connectivity index (χ3v) is 5.26. The van der Waals surface area contributed by atoms with Crippen LogP contribution in [-0.2, 0) is 0 Å². The van der Waals surface area contributed by atoms with Crippen LogP contribution >= 0.6 is 0 Å². The van der Waals surface area contributed by atoms with Crippen LogP contribution in [0.25, 0.3) is 0 Å². The standard InChI is InChI=1S/C18H36N2/c1-14(2)11-16-12-20(10-9-17(3,4)5)18(6,13-19-16)15-7-8-15/h14-16,19H,7-13H2,1-6H3. The van der Waals surface area contributed by atoms with Gasteiger partial charge in [-0.25, -0.2) is 0 Å². The topological polar surface area (TPSA) is 15.3 Å². The van der Waals surface area contributed by atoms with E-state index in [1.54, 1.807) is 0 Å². The maximum atomic E-state index is 3.85. The van der Waals surface area contributed by atoms with Crippen LogP contribution in [0.3, 0.4) is 0 Å². The van der Waals surface area contributed by atoms with Crippen LogP contribution in [0.4, 0.5) is 0 Å². The summed E-state index contributed by atoms with van der Waals surface area (Å²) in [6, 6.07) is 0.696. The van der Waals surface area contributed by atoms with E-state index in [-0.39, 0.29) is 0 Å². The first-order valence-corrected chi connectivity index (χ1v) is 8.69. The number of nitrogens with zero attached hydrogens (tertiary/aromatic N) is 1. The van der Waals surface area contributed by atoms with Gasteiger partial charge >= 0.3 is 0 Å². The highest BCUT2D eigenvalue weighted by Crippen LogP contribution is 2.44. The van der Waals surface area contributed by atoms with Crippen LogP contribution in [0.1, 0.15) is 67.2 Å². The van der Waals surface area contributed by atoms with Crippen molar-refractivity contribution in [3.63, 3.8) is 0 Å². The van der Waals surface area contributed by atoms with Crippen molar-refractivity contribution in [3.8, 4) is 0 Å².